The van der Waals surface area contributed by atoms with Crippen molar-refractivity contribution in [2.45, 2.75) is 6.92 Å². The topological polar surface area (TPSA) is 26.3 Å². The summed E-state index contributed by atoms with van der Waals surface area (Å²) in [6, 6.07) is 26.3. The van der Waals surface area contributed by atoms with Crippen LogP contribution in [0.1, 0.15) is 17.3 Å². The fourth-order valence-corrected chi connectivity index (χ4v) is 7.32. The summed E-state index contributed by atoms with van der Waals surface area (Å²) in [6.45, 7) is -0.00171. The number of benzene rings is 3. The van der Waals surface area contributed by atoms with E-state index < -0.39 is 6.89 Å². The Morgan fingerprint density at radius 1 is 0.923 bits per heavy atom. The number of halogens is 1. The summed E-state index contributed by atoms with van der Waals surface area (Å²) in [4.78, 5) is 12.4. The molecular formula is C22H20BrO2P. The molecule has 132 valence electrons. The van der Waals surface area contributed by atoms with Crippen molar-refractivity contribution in [2.24, 2.45) is 0 Å². The highest BCUT2D eigenvalue weighted by atomic mass is 79.9. The van der Waals surface area contributed by atoms with Gasteiger partial charge in [-0.1, -0.05) is 79.1 Å². The molecule has 4 heteroatoms. The van der Waals surface area contributed by atoms with Gasteiger partial charge >= 0.3 is 5.97 Å². The molecule has 0 spiro atoms. The van der Waals surface area contributed by atoms with Gasteiger partial charge in [-0.05, 0) is 51.7 Å². The molecule has 0 aromatic heterocycles. The highest BCUT2D eigenvalue weighted by Gasteiger charge is 2.26. The van der Waals surface area contributed by atoms with Crippen LogP contribution in [0.2, 0.25) is 0 Å². The molecule has 0 saturated heterocycles. The second-order valence-electron chi connectivity index (χ2n) is 5.84. The molecule has 0 saturated carbocycles. The van der Waals surface area contributed by atoms with E-state index in [-0.39, 0.29) is 5.97 Å². The predicted molar refractivity (Wildman–Crippen MR) is 116 cm³/mol. The van der Waals surface area contributed by atoms with E-state index in [2.05, 4.69) is 40.2 Å². The molecule has 26 heavy (non-hydrogen) atoms. The molecule has 0 fully saturated rings. The lowest BCUT2D eigenvalue weighted by molar-refractivity contribution is 0.0525. The van der Waals surface area contributed by atoms with Crippen molar-refractivity contribution in [3.63, 3.8) is 0 Å². The first-order valence-electron chi connectivity index (χ1n) is 8.40. The minimum absolute atomic E-state index is 0.325. The van der Waals surface area contributed by atoms with Gasteiger partial charge in [0, 0.05) is 4.47 Å². The Morgan fingerprint density at radius 2 is 1.46 bits per heavy atom. The van der Waals surface area contributed by atoms with Crippen LogP contribution in [0.5, 0.6) is 0 Å². The Hall–Kier alpha value is -2.09. The van der Waals surface area contributed by atoms with Gasteiger partial charge in [-0.3, -0.25) is 0 Å². The van der Waals surface area contributed by atoms with Gasteiger partial charge in [0.15, 0.2) is 0 Å². The maximum absolute atomic E-state index is 12.4. The van der Waals surface area contributed by atoms with Crippen molar-refractivity contribution in [3.8, 4) is 0 Å². The quantitative estimate of drug-likeness (QED) is 0.447. The van der Waals surface area contributed by atoms with E-state index in [1.165, 1.54) is 0 Å². The van der Waals surface area contributed by atoms with E-state index in [0.717, 1.165) is 20.4 Å². The number of ether oxygens (including phenoxy) is 1. The third kappa shape index (κ3) is 3.42. The summed E-state index contributed by atoms with van der Waals surface area (Å²) in [5.41, 5.74) is 0.532. The lowest BCUT2D eigenvalue weighted by Crippen LogP contribution is -2.27. The van der Waals surface area contributed by atoms with Crippen molar-refractivity contribution in [1.82, 2.24) is 0 Å². The first kappa shape index (κ1) is 18.7. The molecule has 0 aliphatic rings. The third-order valence-electron chi connectivity index (χ3n) is 4.28. The number of hydrogen-bond donors (Lipinski definition) is 0. The Bertz CT molecular complexity index is 909. The lowest BCUT2D eigenvalue weighted by Gasteiger charge is -2.28. The Kier molecular flexibility index (Phi) is 5.80. The van der Waals surface area contributed by atoms with Crippen LogP contribution in [0.15, 0.2) is 83.3 Å². The van der Waals surface area contributed by atoms with Crippen LogP contribution in [-0.2, 0) is 4.74 Å². The summed E-state index contributed by atoms with van der Waals surface area (Å²) in [7, 11) is 0. The average Bonchev–Trinajstić information content (AvgIpc) is 2.69. The smallest absolute Gasteiger partial charge is 0.339 e. The van der Waals surface area contributed by atoms with E-state index in [4.69, 9.17) is 11.0 Å². The van der Waals surface area contributed by atoms with Crippen LogP contribution in [0.3, 0.4) is 0 Å². The number of carbonyl (C=O) groups is 1. The number of hydrogen-bond acceptors (Lipinski definition) is 2. The van der Waals surface area contributed by atoms with Gasteiger partial charge in [-0.25, -0.2) is 4.79 Å². The second-order valence-corrected chi connectivity index (χ2v) is 9.77. The first-order chi connectivity index (χ1) is 12.6. The van der Waals surface area contributed by atoms with Crippen molar-refractivity contribution in [3.05, 3.63) is 88.9 Å². The molecule has 3 aromatic carbocycles. The highest BCUT2D eigenvalue weighted by Crippen LogP contribution is 2.44. The van der Waals surface area contributed by atoms with Crippen LogP contribution < -0.4 is 15.9 Å². The van der Waals surface area contributed by atoms with E-state index in [0.29, 0.717) is 12.2 Å². The Labute approximate surface area is 162 Å². The SMILES string of the molecule is C=P(c1ccccc1)(c1ccccc1)c1cccc(C(=O)OCC)c1Br. The number of esters is 1. The lowest BCUT2D eigenvalue weighted by atomic mass is 10.2. The van der Waals surface area contributed by atoms with Crippen molar-refractivity contribution < 1.29 is 9.53 Å². The largest absolute Gasteiger partial charge is 0.462 e. The zero-order valence-electron chi connectivity index (χ0n) is 14.6. The van der Waals surface area contributed by atoms with Crippen LogP contribution in [0, 0.1) is 0 Å². The molecule has 0 unspecified atom stereocenters. The zero-order valence-corrected chi connectivity index (χ0v) is 17.0. The standard InChI is InChI=1S/C22H20BrO2P/c1-3-25-22(24)19-15-10-16-20(21(19)23)26(2,17-11-6-4-7-12-17)18-13-8-5-9-14-18/h4-16H,2-3H2,1H3. The van der Waals surface area contributed by atoms with Crippen molar-refractivity contribution >= 4 is 51.0 Å². The Balaban J connectivity index is 2.27. The van der Waals surface area contributed by atoms with Crippen LogP contribution in [-0.4, -0.2) is 18.9 Å². The van der Waals surface area contributed by atoms with Gasteiger partial charge in [-0.2, -0.15) is 0 Å². The second kappa shape index (κ2) is 8.07. The van der Waals surface area contributed by atoms with E-state index in [1.54, 1.807) is 6.07 Å². The highest BCUT2D eigenvalue weighted by molar-refractivity contribution is 9.10. The van der Waals surface area contributed by atoms with E-state index in [9.17, 15) is 4.79 Å². The molecule has 3 rings (SSSR count). The van der Waals surface area contributed by atoms with E-state index >= 15 is 0 Å². The summed E-state index contributed by atoms with van der Waals surface area (Å²) < 4.78 is 5.97. The molecule has 3 aromatic rings. The molecule has 0 aliphatic heterocycles. The zero-order chi connectivity index (χ0) is 18.6. The Morgan fingerprint density at radius 3 is 1.96 bits per heavy atom. The van der Waals surface area contributed by atoms with Crippen molar-refractivity contribution in [1.29, 1.82) is 0 Å². The van der Waals surface area contributed by atoms with Gasteiger partial charge in [0.05, 0.1) is 12.2 Å². The number of carbonyl (C=O) groups excluding carboxylic acids is 1. The average molecular weight is 427 g/mol. The molecule has 0 amide bonds. The minimum Gasteiger partial charge on any atom is -0.462 e. The summed E-state index contributed by atoms with van der Waals surface area (Å²) >= 11 is 3.67. The molecule has 0 aliphatic carbocycles. The fraction of sp³-hybridized carbons (Fsp3) is 0.0909. The van der Waals surface area contributed by atoms with Gasteiger partial charge in [-0.15, -0.1) is 0 Å². The predicted octanol–water partition coefficient (Wildman–Crippen LogP) is 4.35. The molecule has 2 nitrogen and oxygen atoms in total. The first-order valence-corrected chi connectivity index (χ1v) is 11.2. The van der Waals surface area contributed by atoms with Crippen LogP contribution in [0.25, 0.3) is 0 Å². The summed E-state index contributed by atoms with van der Waals surface area (Å²) in [6.07, 6.45) is 4.72. The van der Waals surface area contributed by atoms with Crippen LogP contribution >= 0.6 is 22.8 Å². The maximum atomic E-state index is 12.4. The molecular weight excluding hydrogens is 407 g/mol. The van der Waals surface area contributed by atoms with Crippen LogP contribution in [0.4, 0.5) is 0 Å². The fourth-order valence-electron chi connectivity index (χ4n) is 2.97. The van der Waals surface area contributed by atoms with Gasteiger partial charge in [0.2, 0.25) is 0 Å². The van der Waals surface area contributed by atoms with Crippen molar-refractivity contribution in [2.75, 3.05) is 6.61 Å². The van der Waals surface area contributed by atoms with Gasteiger partial charge in [0.25, 0.3) is 0 Å². The summed E-state index contributed by atoms with van der Waals surface area (Å²) in [5.74, 6) is -0.325. The number of rotatable bonds is 5. The molecule has 0 radical (unpaired) electrons. The molecule has 0 heterocycles. The molecule has 0 atom stereocenters. The summed E-state index contributed by atoms with van der Waals surface area (Å²) in [5, 5.41) is 3.35. The van der Waals surface area contributed by atoms with Gasteiger partial charge in [0.1, 0.15) is 0 Å². The monoisotopic (exact) mass is 426 g/mol. The third-order valence-corrected chi connectivity index (χ3v) is 8.99. The molecule has 0 N–H and O–H groups in total. The maximum Gasteiger partial charge on any atom is 0.339 e. The molecule has 0 bridgehead atoms. The van der Waals surface area contributed by atoms with Gasteiger partial charge < -0.3 is 4.74 Å². The minimum atomic E-state index is -2.15. The van der Waals surface area contributed by atoms with E-state index in [1.807, 2.05) is 55.5 Å². The normalized spacial score (nSPS) is 11.2.